The number of hydrogen-bond acceptors (Lipinski definition) is 5. The quantitative estimate of drug-likeness (QED) is 0.407. The molecule has 0 atom stereocenters. The van der Waals surface area contributed by atoms with Gasteiger partial charge in [-0.2, -0.15) is 5.10 Å². The highest BCUT2D eigenvalue weighted by Gasteiger charge is 2.21. The minimum Gasteiger partial charge on any atom is -0.508 e. The third-order valence-corrected chi connectivity index (χ3v) is 5.32. The van der Waals surface area contributed by atoms with Gasteiger partial charge in [-0.05, 0) is 36.2 Å². The van der Waals surface area contributed by atoms with E-state index in [4.69, 9.17) is 34.8 Å². The highest BCUT2D eigenvalue weighted by molar-refractivity contribution is 6.40. The molecule has 0 saturated heterocycles. The van der Waals surface area contributed by atoms with E-state index in [0.717, 1.165) is 0 Å². The van der Waals surface area contributed by atoms with Crippen LogP contribution in [0.1, 0.15) is 24.0 Å². The van der Waals surface area contributed by atoms with E-state index >= 15 is 0 Å². The number of aromatic nitrogens is 4. The Morgan fingerprint density at radius 2 is 1.67 bits per heavy atom. The first-order chi connectivity index (χ1) is 14.3. The normalized spacial score (nSPS) is 11.3. The maximum atomic E-state index is 12.8. The molecular formula is C20H15Cl3N4O3. The van der Waals surface area contributed by atoms with Crippen LogP contribution in [0, 0.1) is 0 Å². The summed E-state index contributed by atoms with van der Waals surface area (Å²) in [6, 6.07) is 7.24. The Hall–Kier alpha value is -2.74. The number of H-pyrrole nitrogens is 1. The lowest BCUT2D eigenvalue weighted by molar-refractivity contribution is 0.449. The molecule has 2 aromatic heterocycles. The second kappa shape index (κ2) is 7.83. The molecule has 4 rings (SSSR count). The van der Waals surface area contributed by atoms with E-state index in [1.165, 1.54) is 35.0 Å². The van der Waals surface area contributed by atoms with Crippen molar-refractivity contribution in [1.29, 1.82) is 0 Å². The molecular weight excluding hydrogens is 451 g/mol. The first-order valence-electron chi connectivity index (χ1n) is 8.94. The van der Waals surface area contributed by atoms with Crippen molar-refractivity contribution in [3.05, 3.63) is 72.8 Å². The number of phenols is 2. The number of nitrogens with one attached hydrogen (secondary N) is 1. The number of fused-ring (bicyclic) bond motifs is 1. The van der Waals surface area contributed by atoms with Gasteiger partial charge in [-0.15, -0.1) is 0 Å². The predicted molar refractivity (Wildman–Crippen MR) is 116 cm³/mol. The molecule has 154 valence electrons. The fourth-order valence-corrected chi connectivity index (χ4v) is 4.29. The van der Waals surface area contributed by atoms with E-state index in [2.05, 4.69) is 15.1 Å². The minimum atomic E-state index is -0.358. The summed E-state index contributed by atoms with van der Waals surface area (Å²) >= 11 is 18.8. The van der Waals surface area contributed by atoms with Crippen LogP contribution in [0.5, 0.6) is 11.5 Å². The van der Waals surface area contributed by atoms with Gasteiger partial charge in [-0.1, -0.05) is 41.7 Å². The van der Waals surface area contributed by atoms with E-state index in [-0.39, 0.29) is 33.5 Å². The van der Waals surface area contributed by atoms with Crippen molar-refractivity contribution in [2.24, 2.45) is 0 Å². The van der Waals surface area contributed by atoms with Crippen molar-refractivity contribution in [1.82, 2.24) is 19.7 Å². The molecule has 0 aliphatic carbocycles. The molecule has 0 spiro atoms. The number of aromatic amines is 1. The second-order valence-electron chi connectivity index (χ2n) is 6.68. The summed E-state index contributed by atoms with van der Waals surface area (Å²) in [5.74, 6) is 0.139. The molecule has 2 aromatic carbocycles. The van der Waals surface area contributed by atoms with Gasteiger partial charge in [0.25, 0.3) is 5.56 Å². The van der Waals surface area contributed by atoms with Gasteiger partial charge >= 0.3 is 0 Å². The smallest absolute Gasteiger partial charge is 0.262 e. The average Bonchev–Trinajstić information content (AvgIpc) is 2.99. The number of halogens is 3. The van der Waals surface area contributed by atoms with Gasteiger partial charge in [-0.25, -0.2) is 9.67 Å². The summed E-state index contributed by atoms with van der Waals surface area (Å²) in [6.45, 7) is 1.88. The molecule has 2 heterocycles. The third-order valence-electron chi connectivity index (χ3n) is 4.52. The predicted octanol–water partition coefficient (Wildman–Crippen LogP) is 4.63. The molecule has 0 bridgehead atoms. The van der Waals surface area contributed by atoms with Crippen molar-refractivity contribution in [2.75, 3.05) is 0 Å². The fraction of sp³-hybridized carbons (Fsp3) is 0.150. The first-order valence-corrected chi connectivity index (χ1v) is 10.1. The summed E-state index contributed by atoms with van der Waals surface area (Å²) in [5, 5.41) is 25.2. The SMILES string of the molecule is CCc1nn(-c2c(Cl)cc(Cl)cc2Cl)c2nc(Cc3cc(O)cc(O)c3)[nH]c(=O)c12. The average molecular weight is 466 g/mol. The van der Waals surface area contributed by atoms with Crippen LogP contribution in [-0.2, 0) is 12.8 Å². The summed E-state index contributed by atoms with van der Waals surface area (Å²) in [7, 11) is 0. The monoisotopic (exact) mass is 464 g/mol. The number of hydrogen-bond donors (Lipinski definition) is 3. The highest BCUT2D eigenvalue weighted by atomic mass is 35.5. The van der Waals surface area contributed by atoms with Crippen molar-refractivity contribution >= 4 is 45.8 Å². The molecule has 0 unspecified atom stereocenters. The van der Waals surface area contributed by atoms with Gasteiger partial charge in [0.05, 0.1) is 15.7 Å². The summed E-state index contributed by atoms with van der Waals surface area (Å²) in [5.41, 5.74) is 1.41. The van der Waals surface area contributed by atoms with Gasteiger partial charge < -0.3 is 15.2 Å². The lowest BCUT2D eigenvalue weighted by Crippen LogP contribution is -2.13. The minimum absolute atomic E-state index is 0.0912. The van der Waals surface area contributed by atoms with E-state index in [1.54, 1.807) is 0 Å². The molecule has 0 amide bonds. The molecule has 0 saturated carbocycles. The van der Waals surface area contributed by atoms with E-state index in [0.29, 0.717) is 45.2 Å². The number of nitrogens with zero attached hydrogens (tertiary/aromatic N) is 3. The van der Waals surface area contributed by atoms with Crippen LogP contribution in [0.2, 0.25) is 15.1 Å². The molecule has 0 aliphatic heterocycles. The molecule has 0 aliphatic rings. The Labute approximate surface area is 185 Å². The Morgan fingerprint density at radius 3 is 2.27 bits per heavy atom. The molecule has 0 radical (unpaired) electrons. The lowest BCUT2D eigenvalue weighted by Gasteiger charge is -2.09. The van der Waals surface area contributed by atoms with Crippen LogP contribution in [0.15, 0.2) is 35.1 Å². The standard InChI is InChI=1S/C20H15Cl3N4O3/c1-2-15-17-19(27(26-15)18-13(22)6-10(21)7-14(18)23)24-16(25-20(17)30)5-9-3-11(28)8-12(29)4-9/h3-4,6-8,28-29H,2,5H2,1H3,(H,24,25,30). The molecule has 4 aromatic rings. The lowest BCUT2D eigenvalue weighted by atomic mass is 10.1. The summed E-state index contributed by atoms with van der Waals surface area (Å²) in [6.07, 6.45) is 0.665. The molecule has 3 N–H and O–H groups in total. The fourth-order valence-electron chi connectivity index (χ4n) is 3.31. The molecule has 0 fully saturated rings. The van der Waals surface area contributed by atoms with Crippen LogP contribution in [-0.4, -0.2) is 30.0 Å². The zero-order chi connectivity index (χ0) is 21.6. The number of rotatable bonds is 4. The van der Waals surface area contributed by atoms with Crippen molar-refractivity contribution in [3.63, 3.8) is 0 Å². The Bertz CT molecular complexity index is 1300. The summed E-state index contributed by atoms with van der Waals surface area (Å²) in [4.78, 5) is 20.2. The number of aryl methyl sites for hydroxylation is 1. The van der Waals surface area contributed by atoms with Gasteiger partial charge in [0, 0.05) is 17.5 Å². The summed E-state index contributed by atoms with van der Waals surface area (Å²) < 4.78 is 1.44. The zero-order valence-corrected chi connectivity index (χ0v) is 17.8. The molecule has 10 heteroatoms. The van der Waals surface area contributed by atoms with Crippen LogP contribution in [0.3, 0.4) is 0 Å². The van der Waals surface area contributed by atoms with Gasteiger partial charge in [0.1, 0.15) is 28.4 Å². The maximum absolute atomic E-state index is 12.8. The Kier molecular flexibility index (Phi) is 5.36. The van der Waals surface area contributed by atoms with Crippen LogP contribution < -0.4 is 5.56 Å². The van der Waals surface area contributed by atoms with E-state index < -0.39 is 0 Å². The largest absolute Gasteiger partial charge is 0.508 e. The Morgan fingerprint density at radius 1 is 1.03 bits per heavy atom. The first kappa shape index (κ1) is 20.5. The van der Waals surface area contributed by atoms with E-state index in [1.807, 2.05) is 6.92 Å². The Balaban J connectivity index is 1.94. The van der Waals surface area contributed by atoms with Crippen molar-refractivity contribution in [3.8, 4) is 17.2 Å². The van der Waals surface area contributed by atoms with Gasteiger partial charge in [-0.3, -0.25) is 4.79 Å². The van der Waals surface area contributed by atoms with Crippen molar-refractivity contribution < 1.29 is 10.2 Å². The molecule has 30 heavy (non-hydrogen) atoms. The number of benzene rings is 2. The van der Waals surface area contributed by atoms with Crippen LogP contribution >= 0.6 is 34.8 Å². The van der Waals surface area contributed by atoms with Crippen LogP contribution in [0.25, 0.3) is 16.7 Å². The van der Waals surface area contributed by atoms with Gasteiger partial charge in [0.15, 0.2) is 5.65 Å². The highest BCUT2D eigenvalue weighted by Crippen LogP contribution is 2.34. The zero-order valence-electron chi connectivity index (χ0n) is 15.6. The third kappa shape index (κ3) is 3.71. The number of aromatic hydroxyl groups is 2. The van der Waals surface area contributed by atoms with Crippen LogP contribution in [0.4, 0.5) is 0 Å². The number of phenolic OH excluding ortho intramolecular Hbond substituents is 2. The second-order valence-corrected chi connectivity index (χ2v) is 7.93. The molecule has 7 nitrogen and oxygen atoms in total. The van der Waals surface area contributed by atoms with E-state index in [9.17, 15) is 15.0 Å². The van der Waals surface area contributed by atoms with Gasteiger partial charge in [0.2, 0.25) is 0 Å². The maximum Gasteiger partial charge on any atom is 0.262 e. The van der Waals surface area contributed by atoms with Crippen molar-refractivity contribution in [2.45, 2.75) is 19.8 Å². The topological polar surface area (TPSA) is 104 Å².